The molecule has 8 aromatic rings. The van der Waals surface area contributed by atoms with Gasteiger partial charge in [-0.3, -0.25) is 0 Å². The third-order valence-corrected chi connectivity index (χ3v) is 10.4. The Bertz CT molecular complexity index is 2440. The fourth-order valence-electron chi connectivity index (χ4n) is 8.00. The zero-order chi connectivity index (χ0) is 32.8. The molecule has 1 nitrogen and oxygen atoms in total. The Kier molecular flexibility index (Phi) is 6.99. The number of nitrogens with zero attached hydrogens (tertiary/aromatic N) is 1. The van der Waals surface area contributed by atoms with Gasteiger partial charge < -0.3 is 4.90 Å². The molecule has 0 bridgehead atoms. The van der Waals surface area contributed by atoms with E-state index in [1.807, 2.05) is 0 Å². The normalized spacial score (nSPS) is 14.7. The van der Waals surface area contributed by atoms with E-state index in [1.165, 1.54) is 66.5 Å². The van der Waals surface area contributed by atoms with Crippen molar-refractivity contribution in [2.75, 3.05) is 4.90 Å². The van der Waals surface area contributed by atoms with E-state index in [-0.39, 0.29) is 5.41 Å². The number of hydrogen-bond donors (Lipinski definition) is 0. The molecule has 1 aliphatic carbocycles. The molecule has 0 saturated heterocycles. The van der Waals surface area contributed by atoms with Crippen LogP contribution in [-0.2, 0) is 5.41 Å². The first-order valence-electron chi connectivity index (χ1n) is 17.0. The quantitative estimate of drug-likeness (QED) is 0.178. The van der Waals surface area contributed by atoms with Crippen LogP contribution in [0.4, 0.5) is 17.1 Å². The molecule has 0 heterocycles. The summed E-state index contributed by atoms with van der Waals surface area (Å²) in [5, 5.41) is 2.44. The van der Waals surface area contributed by atoms with Gasteiger partial charge in [-0.25, -0.2) is 0 Å². The van der Waals surface area contributed by atoms with Crippen molar-refractivity contribution in [3.63, 3.8) is 0 Å². The van der Waals surface area contributed by atoms with Crippen molar-refractivity contribution in [1.82, 2.24) is 0 Å². The van der Waals surface area contributed by atoms with Crippen LogP contribution in [0.3, 0.4) is 0 Å². The third-order valence-electron chi connectivity index (χ3n) is 10.4. The van der Waals surface area contributed by atoms with Gasteiger partial charge in [0, 0.05) is 22.1 Å². The van der Waals surface area contributed by atoms with Gasteiger partial charge in [0.25, 0.3) is 0 Å². The van der Waals surface area contributed by atoms with Gasteiger partial charge in [0.15, 0.2) is 0 Å². The third kappa shape index (κ3) is 4.70. The molecular weight excluding hydrogens is 591 g/mol. The lowest BCUT2D eigenvalue weighted by Gasteiger charge is -2.31. The lowest BCUT2D eigenvalue weighted by molar-refractivity contribution is 0.714. The summed E-state index contributed by atoms with van der Waals surface area (Å²) in [6.45, 7) is 2.39. The van der Waals surface area contributed by atoms with Crippen LogP contribution in [0.25, 0.3) is 44.2 Å². The van der Waals surface area contributed by atoms with Crippen molar-refractivity contribution in [2.45, 2.75) is 12.3 Å². The van der Waals surface area contributed by atoms with Crippen LogP contribution in [0.2, 0.25) is 0 Å². The maximum atomic E-state index is 2.47. The van der Waals surface area contributed by atoms with Gasteiger partial charge in [-0.05, 0) is 81.1 Å². The number of rotatable bonds is 6. The minimum absolute atomic E-state index is 0.279. The highest BCUT2D eigenvalue weighted by molar-refractivity contribution is 6.03. The molecule has 1 heteroatoms. The van der Waals surface area contributed by atoms with Gasteiger partial charge in [0.05, 0.1) is 11.4 Å². The summed E-state index contributed by atoms with van der Waals surface area (Å²) in [5.74, 6) is 0. The van der Waals surface area contributed by atoms with Crippen molar-refractivity contribution in [2.24, 2.45) is 0 Å². The topological polar surface area (TPSA) is 3.24 Å². The van der Waals surface area contributed by atoms with Crippen LogP contribution in [0.5, 0.6) is 0 Å². The fourth-order valence-corrected chi connectivity index (χ4v) is 8.00. The molecule has 9 rings (SSSR count). The molecule has 0 fully saturated rings. The van der Waals surface area contributed by atoms with E-state index in [2.05, 4.69) is 206 Å². The molecule has 0 aliphatic heterocycles. The Hall–Kier alpha value is -6.18. The van der Waals surface area contributed by atoms with E-state index in [1.54, 1.807) is 0 Å². The van der Waals surface area contributed by atoms with Gasteiger partial charge in [-0.2, -0.15) is 0 Å². The summed E-state index contributed by atoms with van der Waals surface area (Å²) in [4.78, 5) is 2.47. The number of fused-ring (bicyclic) bond motifs is 4. The van der Waals surface area contributed by atoms with Gasteiger partial charge in [0.1, 0.15) is 0 Å². The highest BCUT2D eigenvalue weighted by Gasteiger charge is 2.42. The van der Waals surface area contributed by atoms with Crippen LogP contribution in [0.1, 0.15) is 23.6 Å². The lowest BCUT2D eigenvalue weighted by atomic mass is 9.74. The predicted octanol–water partition coefficient (Wildman–Crippen LogP) is 13.0. The summed E-state index contributed by atoms with van der Waals surface area (Å²) in [7, 11) is 0. The highest BCUT2D eigenvalue weighted by atomic mass is 15.1. The molecule has 232 valence electrons. The molecule has 0 radical (unpaired) electrons. The zero-order valence-electron chi connectivity index (χ0n) is 27.4. The Morgan fingerprint density at radius 3 is 1.67 bits per heavy atom. The largest absolute Gasteiger partial charge is 0.309 e. The molecule has 0 aromatic heterocycles. The van der Waals surface area contributed by atoms with Gasteiger partial charge in [0.2, 0.25) is 0 Å². The SMILES string of the molecule is CC1(c2ccccc2)c2ccccc2-c2c(N(c3ccc(-c4ccccc4-c4ccccc4)cc3)c3cccc4ccccc34)cccc21. The maximum absolute atomic E-state index is 2.47. The smallest absolute Gasteiger partial charge is 0.0543 e. The molecule has 8 aromatic carbocycles. The molecule has 0 saturated carbocycles. The van der Waals surface area contributed by atoms with E-state index < -0.39 is 0 Å². The van der Waals surface area contributed by atoms with Crippen molar-refractivity contribution in [3.05, 3.63) is 211 Å². The fraction of sp³-hybridized carbons (Fsp3) is 0.0417. The summed E-state index contributed by atoms with van der Waals surface area (Å²) in [5.41, 5.74) is 14.6. The molecule has 0 amide bonds. The molecular formula is C48H35N. The van der Waals surface area contributed by atoms with Crippen molar-refractivity contribution in [3.8, 4) is 33.4 Å². The molecule has 49 heavy (non-hydrogen) atoms. The second kappa shape index (κ2) is 11.8. The molecule has 1 atom stereocenters. The average Bonchev–Trinajstić information content (AvgIpc) is 3.45. The average molecular weight is 626 g/mol. The first-order chi connectivity index (χ1) is 24.2. The summed E-state index contributed by atoms with van der Waals surface area (Å²) >= 11 is 0. The van der Waals surface area contributed by atoms with Gasteiger partial charge in [-0.1, -0.05) is 170 Å². The molecule has 1 unspecified atom stereocenters. The summed E-state index contributed by atoms with van der Waals surface area (Å²) in [6, 6.07) is 70.7. The minimum Gasteiger partial charge on any atom is -0.309 e. The summed E-state index contributed by atoms with van der Waals surface area (Å²) < 4.78 is 0. The van der Waals surface area contributed by atoms with Crippen LogP contribution >= 0.6 is 0 Å². The van der Waals surface area contributed by atoms with Crippen LogP contribution in [-0.4, -0.2) is 0 Å². The lowest BCUT2D eigenvalue weighted by Crippen LogP contribution is -2.22. The van der Waals surface area contributed by atoms with Crippen LogP contribution in [0.15, 0.2) is 194 Å². The van der Waals surface area contributed by atoms with E-state index in [0.717, 1.165) is 11.4 Å². The maximum Gasteiger partial charge on any atom is 0.0543 e. The Morgan fingerprint density at radius 1 is 0.388 bits per heavy atom. The summed E-state index contributed by atoms with van der Waals surface area (Å²) in [6.07, 6.45) is 0. The molecule has 1 aliphatic rings. The molecule has 0 N–H and O–H groups in total. The van der Waals surface area contributed by atoms with Crippen molar-refractivity contribution < 1.29 is 0 Å². The predicted molar refractivity (Wildman–Crippen MR) is 207 cm³/mol. The van der Waals surface area contributed by atoms with Crippen LogP contribution < -0.4 is 4.90 Å². The van der Waals surface area contributed by atoms with Gasteiger partial charge >= 0.3 is 0 Å². The second-order valence-corrected chi connectivity index (χ2v) is 13.0. The monoisotopic (exact) mass is 625 g/mol. The Labute approximate surface area is 288 Å². The highest BCUT2D eigenvalue weighted by Crippen LogP contribution is 2.57. The molecule has 0 spiro atoms. The number of benzene rings is 8. The van der Waals surface area contributed by atoms with Crippen LogP contribution in [0, 0.1) is 0 Å². The van der Waals surface area contributed by atoms with Gasteiger partial charge in [-0.15, -0.1) is 0 Å². The zero-order valence-corrected chi connectivity index (χ0v) is 27.4. The minimum atomic E-state index is -0.279. The van der Waals surface area contributed by atoms with Crippen molar-refractivity contribution >= 4 is 27.8 Å². The number of hydrogen-bond acceptors (Lipinski definition) is 1. The van der Waals surface area contributed by atoms with E-state index in [0.29, 0.717) is 0 Å². The Morgan fingerprint density at radius 2 is 0.918 bits per heavy atom. The number of anilines is 3. The van der Waals surface area contributed by atoms with E-state index >= 15 is 0 Å². The first kappa shape index (κ1) is 29.0. The van der Waals surface area contributed by atoms with Crippen molar-refractivity contribution in [1.29, 1.82) is 0 Å². The standard InChI is InChI=1S/C48H35N/c1-48(37-20-6-3-7-21-37)43-26-13-12-25-42(43)47-44(48)27-15-29-46(47)49(45-28-14-19-35-18-8-9-24-41(35)45)38-32-30-36(31-33-38)40-23-11-10-22-39(40)34-16-4-2-5-17-34/h2-33H,1H3. The first-order valence-corrected chi connectivity index (χ1v) is 17.0. The van der Waals surface area contributed by atoms with E-state index in [9.17, 15) is 0 Å². The van der Waals surface area contributed by atoms with E-state index in [4.69, 9.17) is 0 Å². The second-order valence-electron chi connectivity index (χ2n) is 13.0. The Balaban J connectivity index is 1.27.